The number of carbonyl (C=O) groups is 2. The van der Waals surface area contributed by atoms with Crippen molar-refractivity contribution in [1.82, 2.24) is 9.80 Å². The lowest BCUT2D eigenvalue weighted by Gasteiger charge is -2.20. The predicted molar refractivity (Wildman–Crippen MR) is 97.6 cm³/mol. The van der Waals surface area contributed by atoms with Crippen LogP contribution in [0.2, 0.25) is 0 Å². The molecule has 1 aliphatic heterocycles. The summed E-state index contributed by atoms with van der Waals surface area (Å²) < 4.78 is 0. The molecule has 0 unspecified atom stereocenters. The second-order valence-corrected chi connectivity index (χ2v) is 7.39. The fraction of sp³-hybridized carbons (Fsp3) is 0.500. The summed E-state index contributed by atoms with van der Waals surface area (Å²) in [5.74, 6) is 0.0964. The second-order valence-electron chi connectivity index (χ2n) is 7.39. The maximum absolute atomic E-state index is 12.4. The molecule has 0 saturated carbocycles. The van der Waals surface area contributed by atoms with Gasteiger partial charge in [-0.15, -0.1) is 0 Å². The molecule has 4 nitrogen and oxygen atoms in total. The van der Waals surface area contributed by atoms with Gasteiger partial charge >= 0.3 is 0 Å². The molecule has 1 heterocycles. The largest absolute Gasteiger partial charge is 0.341 e. The van der Waals surface area contributed by atoms with Crippen LogP contribution in [0.5, 0.6) is 0 Å². The Morgan fingerprint density at radius 3 is 2.12 bits per heavy atom. The zero-order valence-electron chi connectivity index (χ0n) is 15.2. The first-order chi connectivity index (χ1) is 11.3. The van der Waals surface area contributed by atoms with Crippen LogP contribution in [0.15, 0.2) is 30.3 Å². The maximum atomic E-state index is 12.4. The van der Waals surface area contributed by atoms with Gasteiger partial charge in [-0.1, -0.05) is 45.0 Å². The van der Waals surface area contributed by atoms with Gasteiger partial charge in [0.1, 0.15) is 0 Å². The normalized spacial score (nSPS) is 16.3. The summed E-state index contributed by atoms with van der Waals surface area (Å²) in [6.07, 6.45) is 4.33. The first kappa shape index (κ1) is 18.2. The first-order valence-electron chi connectivity index (χ1n) is 8.60. The third kappa shape index (κ3) is 4.95. The van der Waals surface area contributed by atoms with E-state index in [4.69, 9.17) is 0 Å². The molecule has 1 aliphatic rings. The molecule has 1 saturated heterocycles. The second kappa shape index (κ2) is 7.65. The van der Waals surface area contributed by atoms with Crippen LogP contribution in [0.4, 0.5) is 0 Å². The topological polar surface area (TPSA) is 40.6 Å². The molecule has 0 atom stereocenters. The number of hydrogen-bond acceptors (Lipinski definition) is 2. The summed E-state index contributed by atoms with van der Waals surface area (Å²) in [5.41, 5.74) is 2.44. The standard InChI is InChI=1S/C20H28N2O2/c1-16(23)21-12-5-13-22(15-14-21)19(24)11-8-17-6-9-18(10-7-17)20(2,3)4/h6-11H,5,12-15H2,1-4H3/b11-8+. The summed E-state index contributed by atoms with van der Waals surface area (Å²) >= 11 is 0. The molecule has 130 valence electrons. The fourth-order valence-corrected chi connectivity index (χ4v) is 2.82. The summed E-state index contributed by atoms with van der Waals surface area (Å²) in [7, 11) is 0. The molecule has 4 heteroatoms. The Kier molecular flexibility index (Phi) is 5.81. The Labute approximate surface area is 145 Å². The minimum atomic E-state index is 0.0142. The zero-order chi connectivity index (χ0) is 17.7. The Morgan fingerprint density at radius 2 is 1.54 bits per heavy atom. The van der Waals surface area contributed by atoms with E-state index in [2.05, 4.69) is 32.9 Å². The van der Waals surface area contributed by atoms with E-state index in [-0.39, 0.29) is 17.2 Å². The minimum absolute atomic E-state index is 0.0142. The molecule has 0 aliphatic carbocycles. The molecular weight excluding hydrogens is 300 g/mol. The Hall–Kier alpha value is -2.10. The number of rotatable bonds is 2. The Bertz CT molecular complexity index is 612. The van der Waals surface area contributed by atoms with Crippen LogP contribution in [0.3, 0.4) is 0 Å². The molecule has 0 radical (unpaired) electrons. The van der Waals surface area contributed by atoms with Gasteiger partial charge in [0, 0.05) is 39.2 Å². The average Bonchev–Trinajstić information content (AvgIpc) is 2.78. The number of nitrogens with zero attached hydrogens (tertiary/aromatic N) is 2. The molecule has 1 fully saturated rings. The van der Waals surface area contributed by atoms with Crippen molar-refractivity contribution in [3.05, 3.63) is 41.5 Å². The highest BCUT2D eigenvalue weighted by atomic mass is 16.2. The predicted octanol–water partition coefficient (Wildman–Crippen LogP) is 3.08. The lowest BCUT2D eigenvalue weighted by molar-refractivity contribution is -0.130. The molecule has 1 aromatic rings. The summed E-state index contributed by atoms with van der Waals surface area (Å²) in [6.45, 7) is 10.8. The first-order valence-corrected chi connectivity index (χ1v) is 8.60. The average molecular weight is 328 g/mol. The SMILES string of the molecule is CC(=O)N1CCCN(C(=O)/C=C/c2ccc(C(C)(C)C)cc2)CC1. The van der Waals surface area contributed by atoms with E-state index in [0.717, 1.165) is 18.5 Å². The van der Waals surface area contributed by atoms with Crippen molar-refractivity contribution in [1.29, 1.82) is 0 Å². The van der Waals surface area contributed by atoms with Gasteiger partial charge in [-0.3, -0.25) is 9.59 Å². The van der Waals surface area contributed by atoms with Crippen LogP contribution in [-0.2, 0) is 15.0 Å². The van der Waals surface area contributed by atoms with Gasteiger partial charge in [0.15, 0.2) is 0 Å². The van der Waals surface area contributed by atoms with Crippen molar-refractivity contribution in [2.45, 2.75) is 39.5 Å². The summed E-state index contributed by atoms with van der Waals surface area (Å²) in [6, 6.07) is 8.32. The van der Waals surface area contributed by atoms with Crippen molar-refractivity contribution in [2.24, 2.45) is 0 Å². The molecule has 0 aromatic heterocycles. The van der Waals surface area contributed by atoms with Gasteiger partial charge in [0.25, 0.3) is 0 Å². The molecule has 2 rings (SSSR count). The lowest BCUT2D eigenvalue weighted by Crippen LogP contribution is -2.35. The molecule has 2 amide bonds. The van der Waals surface area contributed by atoms with Gasteiger partial charge in [-0.2, -0.15) is 0 Å². The number of amides is 2. The van der Waals surface area contributed by atoms with Crippen LogP contribution in [-0.4, -0.2) is 47.8 Å². The Balaban J connectivity index is 1.96. The van der Waals surface area contributed by atoms with E-state index in [0.29, 0.717) is 19.6 Å². The van der Waals surface area contributed by atoms with E-state index in [1.165, 1.54) is 5.56 Å². The van der Waals surface area contributed by atoms with Gasteiger partial charge in [0.2, 0.25) is 11.8 Å². The van der Waals surface area contributed by atoms with Crippen LogP contribution in [0.1, 0.15) is 45.2 Å². The number of carbonyl (C=O) groups excluding carboxylic acids is 2. The molecule has 0 N–H and O–H groups in total. The van der Waals surface area contributed by atoms with Crippen molar-refractivity contribution in [3.63, 3.8) is 0 Å². The van der Waals surface area contributed by atoms with E-state index in [1.54, 1.807) is 13.0 Å². The van der Waals surface area contributed by atoms with Crippen LogP contribution in [0, 0.1) is 0 Å². The van der Waals surface area contributed by atoms with Crippen molar-refractivity contribution in [2.75, 3.05) is 26.2 Å². The molecule has 24 heavy (non-hydrogen) atoms. The lowest BCUT2D eigenvalue weighted by atomic mass is 9.87. The van der Waals surface area contributed by atoms with E-state index in [9.17, 15) is 9.59 Å². The van der Waals surface area contributed by atoms with Crippen LogP contribution in [0.25, 0.3) is 6.08 Å². The smallest absolute Gasteiger partial charge is 0.246 e. The monoisotopic (exact) mass is 328 g/mol. The highest BCUT2D eigenvalue weighted by Crippen LogP contribution is 2.22. The van der Waals surface area contributed by atoms with Crippen LogP contribution < -0.4 is 0 Å². The highest BCUT2D eigenvalue weighted by molar-refractivity contribution is 5.91. The highest BCUT2D eigenvalue weighted by Gasteiger charge is 2.18. The third-order valence-corrected chi connectivity index (χ3v) is 4.45. The van der Waals surface area contributed by atoms with Crippen molar-refractivity contribution in [3.8, 4) is 0 Å². The minimum Gasteiger partial charge on any atom is -0.341 e. The maximum Gasteiger partial charge on any atom is 0.246 e. The Morgan fingerprint density at radius 1 is 0.958 bits per heavy atom. The number of hydrogen-bond donors (Lipinski definition) is 0. The van der Waals surface area contributed by atoms with E-state index in [1.807, 2.05) is 28.0 Å². The van der Waals surface area contributed by atoms with E-state index >= 15 is 0 Å². The zero-order valence-corrected chi connectivity index (χ0v) is 15.2. The van der Waals surface area contributed by atoms with Crippen molar-refractivity contribution >= 4 is 17.9 Å². The van der Waals surface area contributed by atoms with Gasteiger partial charge in [-0.25, -0.2) is 0 Å². The molecule has 0 bridgehead atoms. The number of benzene rings is 1. The summed E-state index contributed by atoms with van der Waals surface area (Å²) in [4.78, 5) is 27.4. The van der Waals surface area contributed by atoms with Crippen molar-refractivity contribution < 1.29 is 9.59 Å². The van der Waals surface area contributed by atoms with Crippen LogP contribution >= 0.6 is 0 Å². The van der Waals surface area contributed by atoms with Gasteiger partial charge in [0.05, 0.1) is 0 Å². The quantitative estimate of drug-likeness (QED) is 0.783. The van der Waals surface area contributed by atoms with E-state index < -0.39 is 0 Å². The molecule has 1 aromatic carbocycles. The fourth-order valence-electron chi connectivity index (χ4n) is 2.82. The molecule has 0 spiro atoms. The van der Waals surface area contributed by atoms with Gasteiger partial charge < -0.3 is 9.80 Å². The molecular formula is C20H28N2O2. The summed E-state index contributed by atoms with van der Waals surface area (Å²) in [5, 5.41) is 0. The van der Waals surface area contributed by atoms with Gasteiger partial charge in [-0.05, 0) is 29.0 Å². The third-order valence-electron chi connectivity index (χ3n) is 4.45.